The summed E-state index contributed by atoms with van der Waals surface area (Å²) >= 11 is 3.35. The van der Waals surface area contributed by atoms with Crippen molar-refractivity contribution in [3.63, 3.8) is 0 Å². The van der Waals surface area contributed by atoms with Gasteiger partial charge in [-0.25, -0.2) is 0 Å². The molecule has 0 spiro atoms. The van der Waals surface area contributed by atoms with E-state index in [-0.39, 0.29) is 5.91 Å². The number of aromatic nitrogens is 2. The van der Waals surface area contributed by atoms with E-state index in [4.69, 9.17) is 0 Å². The molecule has 0 saturated carbocycles. The molecular formula is C15H17BrN4O. The molecule has 1 N–H and O–H groups in total. The van der Waals surface area contributed by atoms with E-state index in [2.05, 4.69) is 50.2 Å². The van der Waals surface area contributed by atoms with Gasteiger partial charge in [0.15, 0.2) is 11.5 Å². The number of nitrogens with one attached hydrogen (secondary N) is 1. The van der Waals surface area contributed by atoms with Gasteiger partial charge in [-0.2, -0.15) is 0 Å². The summed E-state index contributed by atoms with van der Waals surface area (Å²) in [6.45, 7) is 5.82. The van der Waals surface area contributed by atoms with Crippen LogP contribution in [0.25, 0.3) is 0 Å². The number of anilines is 2. The molecule has 21 heavy (non-hydrogen) atoms. The molecule has 5 nitrogen and oxygen atoms in total. The minimum Gasteiger partial charge on any atom is -0.356 e. The highest BCUT2D eigenvalue weighted by Gasteiger charge is 2.10. The van der Waals surface area contributed by atoms with Gasteiger partial charge in [-0.05, 0) is 50.2 Å². The smallest absolute Gasteiger partial charge is 0.276 e. The molecule has 1 amide bonds. The lowest BCUT2D eigenvalue weighted by molar-refractivity contribution is 0.102. The quantitative estimate of drug-likeness (QED) is 0.900. The Morgan fingerprint density at radius 3 is 2.29 bits per heavy atom. The molecule has 2 rings (SSSR count). The summed E-state index contributed by atoms with van der Waals surface area (Å²) in [7, 11) is 0. The molecule has 110 valence electrons. The number of benzene rings is 1. The molecule has 0 aliphatic carbocycles. The first-order chi connectivity index (χ1) is 10.1. The van der Waals surface area contributed by atoms with Crippen LogP contribution in [0.15, 0.2) is 40.9 Å². The topological polar surface area (TPSA) is 58.1 Å². The van der Waals surface area contributed by atoms with Gasteiger partial charge in [0.25, 0.3) is 5.91 Å². The van der Waals surface area contributed by atoms with Crippen molar-refractivity contribution in [2.24, 2.45) is 0 Å². The lowest BCUT2D eigenvalue weighted by atomic mass is 10.3. The molecule has 0 atom stereocenters. The van der Waals surface area contributed by atoms with Crippen molar-refractivity contribution in [1.82, 2.24) is 10.2 Å². The van der Waals surface area contributed by atoms with Crippen molar-refractivity contribution in [1.29, 1.82) is 0 Å². The number of hydrogen-bond acceptors (Lipinski definition) is 4. The van der Waals surface area contributed by atoms with E-state index in [0.717, 1.165) is 29.1 Å². The second-order valence-corrected chi connectivity index (χ2v) is 5.33. The van der Waals surface area contributed by atoms with Crippen molar-refractivity contribution in [3.05, 3.63) is 46.6 Å². The number of hydrogen-bond donors (Lipinski definition) is 1. The lowest BCUT2D eigenvalue weighted by Crippen LogP contribution is -2.24. The van der Waals surface area contributed by atoms with E-state index < -0.39 is 0 Å². The molecule has 0 unspecified atom stereocenters. The van der Waals surface area contributed by atoms with Gasteiger partial charge in [0, 0.05) is 23.2 Å². The fourth-order valence-corrected chi connectivity index (χ4v) is 2.16. The number of carbonyl (C=O) groups is 1. The number of carbonyl (C=O) groups excluding carboxylic acids is 1. The predicted octanol–water partition coefficient (Wildman–Crippen LogP) is 3.34. The monoisotopic (exact) mass is 348 g/mol. The van der Waals surface area contributed by atoms with Crippen LogP contribution in [-0.2, 0) is 0 Å². The van der Waals surface area contributed by atoms with Gasteiger partial charge in [0.1, 0.15) is 0 Å². The van der Waals surface area contributed by atoms with E-state index in [1.165, 1.54) is 0 Å². The van der Waals surface area contributed by atoms with Crippen LogP contribution < -0.4 is 10.2 Å². The summed E-state index contributed by atoms with van der Waals surface area (Å²) in [5, 5.41) is 10.9. The van der Waals surface area contributed by atoms with Crippen molar-refractivity contribution >= 4 is 33.3 Å². The fraction of sp³-hybridized carbons (Fsp3) is 0.267. The summed E-state index contributed by atoms with van der Waals surface area (Å²) in [6, 6.07) is 10.9. The van der Waals surface area contributed by atoms with E-state index in [0.29, 0.717) is 5.69 Å². The van der Waals surface area contributed by atoms with Crippen molar-refractivity contribution < 1.29 is 4.79 Å². The number of nitrogens with zero attached hydrogens (tertiary/aromatic N) is 3. The Morgan fingerprint density at radius 2 is 1.76 bits per heavy atom. The Bertz CT molecular complexity index is 594. The highest BCUT2D eigenvalue weighted by Crippen LogP contribution is 2.15. The maximum atomic E-state index is 12.1. The van der Waals surface area contributed by atoms with Gasteiger partial charge in [-0.15, -0.1) is 10.2 Å². The summed E-state index contributed by atoms with van der Waals surface area (Å²) in [5.74, 6) is 0.510. The minimum absolute atomic E-state index is 0.268. The van der Waals surface area contributed by atoms with Crippen LogP contribution in [0.2, 0.25) is 0 Å². The molecule has 0 fully saturated rings. The highest BCUT2D eigenvalue weighted by atomic mass is 79.9. The van der Waals surface area contributed by atoms with Crippen LogP contribution in [-0.4, -0.2) is 29.2 Å². The Labute approximate surface area is 132 Å². The van der Waals surface area contributed by atoms with Crippen LogP contribution in [0.5, 0.6) is 0 Å². The average molecular weight is 349 g/mol. The zero-order valence-electron chi connectivity index (χ0n) is 12.0. The average Bonchev–Trinajstić information content (AvgIpc) is 2.51. The first-order valence-corrected chi connectivity index (χ1v) is 7.59. The zero-order chi connectivity index (χ0) is 15.2. The molecule has 1 heterocycles. The van der Waals surface area contributed by atoms with Gasteiger partial charge < -0.3 is 10.2 Å². The summed E-state index contributed by atoms with van der Waals surface area (Å²) < 4.78 is 0.962. The molecule has 6 heteroatoms. The standard InChI is InChI=1S/C15H17BrN4O/c1-3-20(4-2)14-10-9-13(18-19-14)15(21)17-12-7-5-11(16)6-8-12/h5-10H,3-4H2,1-2H3,(H,17,21). The summed E-state index contributed by atoms with van der Waals surface area (Å²) in [5.41, 5.74) is 1.02. The molecule has 0 bridgehead atoms. The Balaban J connectivity index is 2.07. The maximum Gasteiger partial charge on any atom is 0.276 e. The largest absolute Gasteiger partial charge is 0.356 e. The van der Waals surface area contributed by atoms with E-state index in [1.807, 2.05) is 30.3 Å². The van der Waals surface area contributed by atoms with Gasteiger partial charge >= 0.3 is 0 Å². The van der Waals surface area contributed by atoms with Gasteiger partial charge in [-0.1, -0.05) is 15.9 Å². The first-order valence-electron chi connectivity index (χ1n) is 6.79. The number of rotatable bonds is 5. The minimum atomic E-state index is -0.268. The normalized spacial score (nSPS) is 10.2. The molecule has 0 aliphatic rings. The van der Waals surface area contributed by atoms with Crippen molar-refractivity contribution in [2.75, 3.05) is 23.3 Å². The SMILES string of the molecule is CCN(CC)c1ccc(C(=O)Nc2ccc(Br)cc2)nn1. The summed E-state index contributed by atoms with van der Waals surface area (Å²) in [4.78, 5) is 14.2. The zero-order valence-corrected chi connectivity index (χ0v) is 13.6. The lowest BCUT2D eigenvalue weighted by Gasteiger charge is -2.18. The van der Waals surface area contributed by atoms with Crippen LogP contribution >= 0.6 is 15.9 Å². The van der Waals surface area contributed by atoms with Crippen LogP contribution in [0, 0.1) is 0 Å². The Morgan fingerprint density at radius 1 is 1.10 bits per heavy atom. The first kappa shape index (κ1) is 15.4. The second kappa shape index (κ2) is 7.17. The molecule has 1 aromatic carbocycles. The third-order valence-electron chi connectivity index (χ3n) is 3.07. The fourth-order valence-electron chi connectivity index (χ4n) is 1.89. The van der Waals surface area contributed by atoms with Crippen molar-refractivity contribution in [3.8, 4) is 0 Å². The maximum absolute atomic E-state index is 12.1. The predicted molar refractivity (Wildman–Crippen MR) is 87.7 cm³/mol. The third kappa shape index (κ3) is 4.01. The van der Waals surface area contributed by atoms with E-state index in [9.17, 15) is 4.79 Å². The van der Waals surface area contributed by atoms with Gasteiger partial charge in [0.2, 0.25) is 0 Å². The van der Waals surface area contributed by atoms with Gasteiger partial charge in [0.05, 0.1) is 0 Å². The number of halogens is 1. The Kier molecular flexibility index (Phi) is 5.27. The highest BCUT2D eigenvalue weighted by molar-refractivity contribution is 9.10. The van der Waals surface area contributed by atoms with Crippen LogP contribution in [0.1, 0.15) is 24.3 Å². The molecule has 0 saturated heterocycles. The van der Waals surface area contributed by atoms with E-state index in [1.54, 1.807) is 6.07 Å². The molecule has 1 aromatic heterocycles. The second-order valence-electron chi connectivity index (χ2n) is 4.41. The van der Waals surface area contributed by atoms with Crippen molar-refractivity contribution in [2.45, 2.75) is 13.8 Å². The van der Waals surface area contributed by atoms with E-state index >= 15 is 0 Å². The molecule has 2 aromatic rings. The van der Waals surface area contributed by atoms with Crippen LogP contribution in [0.3, 0.4) is 0 Å². The van der Waals surface area contributed by atoms with Crippen LogP contribution in [0.4, 0.5) is 11.5 Å². The summed E-state index contributed by atoms with van der Waals surface area (Å²) in [6.07, 6.45) is 0. The third-order valence-corrected chi connectivity index (χ3v) is 3.60. The molecular weight excluding hydrogens is 332 g/mol. The molecule has 0 radical (unpaired) electrons. The molecule has 0 aliphatic heterocycles. The van der Waals surface area contributed by atoms with Gasteiger partial charge in [-0.3, -0.25) is 4.79 Å². The Hall–Kier alpha value is -1.95. The number of amides is 1.